The Morgan fingerprint density at radius 2 is 1.71 bits per heavy atom. The number of hydrogen-bond donors (Lipinski definition) is 1. The fraction of sp³-hybridized carbons (Fsp3) is 0.241. The molecular weight excluding hydrogens is 566 g/mol. The molecule has 1 saturated heterocycles. The Hall–Kier alpha value is -4.06. The van der Waals surface area contributed by atoms with Crippen molar-refractivity contribution in [2.75, 3.05) is 43.9 Å². The molecule has 1 aliphatic heterocycles. The third-order valence-electron chi connectivity index (χ3n) is 6.88. The molecule has 0 aliphatic carbocycles. The number of nitrogen functional groups attached to an aromatic ring is 1. The summed E-state index contributed by atoms with van der Waals surface area (Å²) in [5.41, 5.74) is 8.37. The first-order chi connectivity index (χ1) is 19.8. The molecule has 1 aliphatic rings. The molecule has 0 atom stereocenters. The summed E-state index contributed by atoms with van der Waals surface area (Å²) in [6.45, 7) is 1.32. The summed E-state index contributed by atoms with van der Waals surface area (Å²) in [5, 5.41) is 4.87. The van der Waals surface area contributed by atoms with Gasteiger partial charge in [-0.15, -0.1) is 0 Å². The van der Waals surface area contributed by atoms with Crippen molar-refractivity contribution < 1.29 is 17.9 Å². The van der Waals surface area contributed by atoms with Crippen LogP contribution in [0.2, 0.25) is 5.02 Å². The summed E-state index contributed by atoms with van der Waals surface area (Å²) in [5.74, 6) is 0.327. The number of para-hydroxylation sites is 1. The summed E-state index contributed by atoms with van der Waals surface area (Å²) in [6.07, 6.45) is 1.57. The normalized spacial score (nSPS) is 14.1. The van der Waals surface area contributed by atoms with Crippen LogP contribution in [0.5, 0.6) is 11.5 Å². The van der Waals surface area contributed by atoms with E-state index in [2.05, 4.69) is 5.10 Å². The molecular formula is C29H30ClN5O5S. The quantitative estimate of drug-likeness (QED) is 0.291. The number of halogens is 1. The van der Waals surface area contributed by atoms with Crippen LogP contribution in [0.4, 0.5) is 11.4 Å². The summed E-state index contributed by atoms with van der Waals surface area (Å²) in [4.78, 5) is 15.6. The molecule has 1 aromatic heterocycles. The number of ether oxygens (including phenoxy) is 2. The fourth-order valence-electron chi connectivity index (χ4n) is 4.70. The minimum absolute atomic E-state index is 0.129. The van der Waals surface area contributed by atoms with E-state index in [4.69, 9.17) is 26.8 Å². The fourth-order valence-corrected chi connectivity index (χ4v) is 6.43. The minimum atomic E-state index is -3.65. The van der Waals surface area contributed by atoms with Gasteiger partial charge in [0.1, 0.15) is 18.0 Å². The lowest BCUT2D eigenvalue weighted by atomic mass is 10.2. The molecule has 4 aromatic rings. The van der Waals surface area contributed by atoms with E-state index >= 15 is 0 Å². The zero-order valence-electron chi connectivity index (χ0n) is 22.4. The monoisotopic (exact) mass is 595 g/mol. The van der Waals surface area contributed by atoms with Gasteiger partial charge in [-0.3, -0.25) is 4.79 Å². The molecule has 0 saturated carbocycles. The Balaban J connectivity index is 1.38. The molecule has 214 valence electrons. The summed E-state index contributed by atoms with van der Waals surface area (Å²) < 4.78 is 40.6. The number of nitrogens with two attached hydrogens (primary N) is 1. The largest absolute Gasteiger partial charge is 0.495 e. The van der Waals surface area contributed by atoms with Crippen LogP contribution in [0, 0.1) is 0 Å². The molecule has 0 radical (unpaired) electrons. The number of benzene rings is 3. The lowest BCUT2D eigenvalue weighted by molar-refractivity contribution is 0.297. The van der Waals surface area contributed by atoms with Crippen molar-refractivity contribution in [1.29, 1.82) is 0 Å². The highest BCUT2D eigenvalue weighted by Gasteiger charge is 2.30. The number of methoxy groups -OCH3 is 1. The van der Waals surface area contributed by atoms with Gasteiger partial charge in [0.05, 0.1) is 30.4 Å². The summed E-state index contributed by atoms with van der Waals surface area (Å²) in [7, 11) is -2.17. The Morgan fingerprint density at radius 3 is 2.41 bits per heavy atom. The van der Waals surface area contributed by atoms with E-state index in [1.165, 1.54) is 16.1 Å². The molecule has 10 nitrogen and oxygen atoms in total. The average molecular weight is 596 g/mol. The van der Waals surface area contributed by atoms with E-state index < -0.39 is 15.6 Å². The molecule has 1 fully saturated rings. The number of sulfonamides is 1. The van der Waals surface area contributed by atoms with Crippen LogP contribution >= 0.6 is 11.6 Å². The first-order valence-electron chi connectivity index (χ1n) is 13.0. The molecule has 12 heteroatoms. The average Bonchev–Trinajstić information content (AvgIpc) is 2.98. The second-order valence-electron chi connectivity index (χ2n) is 9.51. The number of nitrogens with zero attached hydrogens (tertiary/aromatic N) is 4. The van der Waals surface area contributed by atoms with Crippen LogP contribution in [0.25, 0.3) is 5.69 Å². The standard InChI is InChI=1S/C29H30ClN5O5S/c1-39-26-12-5-9-22(27(26)31)20-41(37,38)34-15-13-33(14-16-34)25-18-32-35(24-11-6-10-23(30)17-24)29(36)28(25)40-19-21-7-3-2-4-8-21/h2-12,17-18H,13-16,19-20,31H2,1H3. The Kier molecular flexibility index (Phi) is 8.48. The van der Waals surface area contributed by atoms with Gasteiger partial charge in [-0.1, -0.05) is 60.1 Å². The van der Waals surface area contributed by atoms with Gasteiger partial charge in [0.15, 0.2) is 0 Å². The molecule has 0 bridgehead atoms. The van der Waals surface area contributed by atoms with Crippen LogP contribution in [0.3, 0.4) is 0 Å². The number of hydrogen-bond acceptors (Lipinski definition) is 8. The van der Waals surface area contributed by atoms with Gasteiger partial charge in [-0.05, 0) is 35.4 Å². The molecule has 3 aromatic carbocycles. The zero-order chi connectivity index (χ0) is 29.0. The molecule has 0 spiro atoms. The number of aromatic nitrogens is 2. The van der Waals surface area contributed by atoms with Crippen molar-refractivity contribution in [2.45, 2.75) is 12.4 Å². The van der Waals surface area contributed by atoms with Crippen molar-refractivity contribution in [3.05, 3.63) is 105 Å². The maximum atomic E-state index is 13.7. The van der Waals surface area contributed by atoms with Crippen LogP contribution < -0.4 is 25.7 Å². The maximum Gasteiger partial charge on any atom is 0.316 e. The number of rotatable bonds is 9. The van der Waals surface area contributed by atoms with E-state index in [9.17, 15) is 13.2 Å². The molecule has 41 heavy (non-hydrogen) atoms. The van der Waals surface area contributed by atoms with Gasteiger partial charge in [-0.25, -0.2) is 8.42 Å². The van der Waals surface area contributed by atoms with Gasteiger partial charge < -0.3 is 20.1 Å². The third kappa shape index (κ3) is 6.32. The predicted octanol–water partition coefficient (Wildman–Crippen LogP) is 3.71. The van der Waals surface area contributed by atoms with Crippen LogP contribution in [-0.2, 0) is 22.4 Å². The van der Waals surface area contributed by atoms with E-state index in [1.54, 1.807) is 48.7 Å². The van der Waals surface area contributed by atoms with Crippen molar-refractivity contribution >= 4 is 33.0 Å². The second kappa shape index (κ2) is 12.2. The predicted molar refractivity (Wildman–Crippen MR) is 159 cm³/mol. The first-order valence-corrected chi connectivity index (χ1v) is 14.9. The van der Waals surface area contributed by atoms with E-state index in [1.807, 2.05) is 35.2 Å². The topological polar surface area (TPSA) is 120 Å². The Labute approximate surface area is 243 Å². The zero-order valence-corrected chi connectivity index (χ0v) is 24.0. The summed E-state index contributed by atoms with van der Waals surface area (Å²) in [6, 6.07) is 21.5. The number of anilines is 2. The molecule has 5 rings (SSSR count). The van der Waals surface area contributed by atoms with Crippen LogP contribution in [-0.4, -0.2) is 55.8 Å². The van der Waals surface area contributed by atoms with E-state index in [0.29, 0.717) is 46.5 Å². The van der Waals surface area contributed by atoms with Gasteiger partial charge in [-0.2, -0.15) is 14.1 Å². The lowest BCUT2D eigenvalue weighted by Crippen LogP contribution is -2.49. The Morgan fingerprint density at radius 1 is 0.976 bits per heavy atom. The van der Waals surface area contributed by atoms with Crippen LogP contribution in [0.15, 0.2) is 83.8 Å². The first kappa shape index (κ1) is 28.5. The van der Waals surface area contributed by atoms with E-state index in [-0.39, 0.29) is 31.2 Å². The van der Waals surface area contributed by atoms with Gasteiger partial charge in [0.2, 0.25) is 15.8 Å². The summed E-state index contributed by atoms with van der Waals surface area (Å²) >= 11 is 6.16. The highest BCUT2D eigenvalue weighted by molar-refractivity contribution is 7.88. The molecule has 2 heterocycles. The van der Waals surface area contributed by atoms with E-state index in [0.717, 1.165) is 5.56 Å². The second-order valence-corrected chi connectivity index (χ2v) is 11.9. The van der Waals surface area contributed by atoms with Gasteiger partial charge >= 0.3 is 5.56 Å². The van der Waals surface area contributed by atoms with Crippen molar-refractivity contribution in [3.63, 3.8) is 0 Å². The number of piperazine rings is 1. The lowest BCUT2D eigenvalue weighted by Gasteiger charge is -2.35. The molecule has 0 unspecified atom stereocenters. The van der Waals surface area contributed by atoms with Gasteiger partial charge in [0, 0.05) is 31.2 Å². The Bertz CT molecular complexity index is 1690. The SMILES string of the molecule is COc1cccc(CS(=O)(=O)N2CCN(c3cnn(-c4cccc(Cl)c4)c(=O)c3OCc3ccccc3)CC2)c1N. The van der Waals surface area contributed by atoms with Gasteiger partial charge in [0.25, 0.3) is 0 Å². The molecule has 0 amide bonds. The third-order valence-corrected chi connectivity index (χ3v) is 8.94. The highest BCUT2D eigenvalue weighted by atomic mass is 35.5. The van der Waals surface area contributed by atoms with Crippen molar-refractivity contribution in [2.24, 2.45) is 0 Å². The highest BCUT2D eigenvalue weighted by Crippen LogP contribution is 2.29. The molecule has 2 N–H and O–H groups in total. The smallest absolute Gasteiger partial charge is 0.316 e. The van der Waals surface area contributed by atoms with Crippen molar-refractivity contribution in [3.8, 4) is 17.2 Å². The van der Waals surface area contributed by atoms with Crippen LogP contribution in [0.1, 0.15) is 11.1 Å². The maximum absolute atomic E-state index is 13.7. The minimum Gasteiger partial charge on any atom is -0.495 e. The van der Waals surface area contributed by atoms with Crippen molar-refractivity contribution in [1.82, 2.24) is 14.1 Å².